The molecule has 0 spiro atoms. The third-order valence-electron chi connectivity index (χ3n) is 6.25. The minimum Gasteiger partial charge on any atom is -0.396 e. The van der Waals surface area contributed by atoms with Crippen molar-refractivity contribution in [1.82, 2.24) is 9.62 Å². The smallest absolute Gasteiger partial charge is 0.243 e. The number of nitrogens with one attached hydrogen (secondary N) is 1. The van der Waals surface area contributed by atoms with Crippen LogP contribution in [0.5, 0.6) is 0 Å². The minimum atomic E-state index is -3.50. The quantitative estimate of drug-likeness (QED) is 0.517. The Bertz CT molecular complexity index is 909. The van der Waals surface area contributed by atoms with E-state index in [2.05, 4.69) is 29.6 Å². The number of rotatable bonds is 10. The Kier molecular flexibility index (Phi) is 8.93. The topological polar surface area (TPSA) is 69.6 Å². The lowest BCUT2D eigenvalue weighted by Gasteiger charge is -2.34. The Labute approximate surface area is 191 Å². The normalized spacial score (nSPS) is 19.6. The largest absolute Gasteiger partial charge is 0.396 e. The van der Waals surface area contributed by atoms with Crippen LogP contribution in [0.2, 0.25) is 5.02 Å². The first-order valence-corrected chi connectivity index (χ1v) is 12.9. The van der Waals surface area contributed by atoms with Crippen LogP contribution in [0.1, 0.15) is 49.1 Å². The van der Waals surface area contributed by atoms with Crippen molar-refractivity contribution in [2.75, 3.05) is 26.7 Å². The van der Waals surface area contributed by atoms with Gasteiger partial charge in [0.05, 0.1) is 4.90 Å². The molecule has 170 valence electrons. The summed E-state index contributed by atoms with van der Waals surface area (Å²) in [7, 11) is -1.81. The van der Waals surface area contributed by atoms with Gasteiger partial charge >= 0.3 is 0 Å². The minimum absolute atomic E-state index is 0.0289. The molecular formula is C24H33ClN2O3S. The summed E-state index contributed by atoms with van der Waals surface area (Å²) in [6, 6.07) is 15.3. The lowest BCUT2D eigenvalue weighted by atomic mass is 9.81. The van der Waals surface area contributed by atoms with Crippen LogP contribution in [0.25, 0.3) is 0 Å². The standard InChI is InChI=1S/C24H33ClN2O3S/c1-27(31(29,30)24-13-9-22(25)10-14-24)23-11-7-21(8-12-23)20-5-3-19(4-6-20)15-17-26-16-2-18-28/h3-6,9-10,13-14,21,23,26,28H,2,7-8,11-12,15-18H2,1H3. The molecule has 31 heavy (non-hydrogen) atoms. The highest BCUT2D eigenvalue weighted by atomic mass is 35.5. The predicted molar refractivity (Wildman–Crippen MR) is 126 cm³/mol. The highest BCUT2D eigenvalue weighted by Crippen LogP contribution is 2.36. The zero-order valence-electron chi connectivity index (χ0n) is 18.1. The van der Waals surface area contributed by atoms with Crippen molar-refractivity contribution < 1.29 is 13.5 Å². The Morgan fingerprint density at radius 1 is 1.00 bits per heavy atom. The molecule has 2 N–H and O–H groups in total. The summed E-state index contributed by atoms with van der Waals surface area (Å²) < 4.78 is 27.4. The number of nitrogens with zero attached hydrogens (tertiary/aromatic N) is 1. The van der Waals surface area contributed by atoms with Gasteiger partial charge in [0.25, 0.3) is 0 Å². The third kappa shape index (κ3) is 6.53. The Morgan fingerprint density at radius 2 is 1.65 bits per heavy atom. The van der Waals surface area contributed by atoms with E-state index in [1.54, 1.807) is 35.6 Å². The summed E-state index contributed by atoms with van der Waals surface area (Å²) in [4.78, 5) is 0.294. The van der Waals surface area contributed by atoms with Gasteiger partial charge in [-0.25, -0.2) is 8.42 Å². The summed E-state index contributed by atoms with van der Waals surface area (Å²) in [6.45, 7) is 1.99. The average molecular weight is 465 g/mol. The van der Waals surface area contributed by atoms with E-state index < -0.39 is 10.0 Å². The maximum Gasteiger partial charge on any atom is 0.243 e. The van der Waals surface area contributed by atoms with Crippen LogP contribution >= 0.6 is 11.6 Å². The van der Waals surface area contributed by atoms with E-state index in [9.17, 15) is 8.42 Å². The van der Waals surface area contributed by atoms with Crippen LogP contribution in [-0.4, -0.2) is 50.6 Å². The molecule has 5 nitrogen and oxygen atoms in total. The number of aliphatic hydroxyl groups excluding tert-OH is 1. The molecule has 1 fully saturated rings. The highest BCUT2D eigenvalue weighted by Gasteiger charge is 2.31. The molecule has 0 bridgehead atoms. The Balaban J connectivity index is 1.51. The second-order valence-electron chi connectivity index (χ2n) is 8.30. The van der Waals surface area contributed by atoms with E-state index in [4.69, 9.17) is 16.7 Å². The van der Waals surface area contributed by atoms with Crippen molar-refractivity contribution in [3.8, 4) is 0 Å². The molecule has 0 saturated heterocycles. The molecule has 0 amide bonds. The van der Waals surface area contributed by atoms with E-state index in [0.717, 1.165) is 51.6 Å². The molecule has 0 heterocycles. The molecule has 2 aromatic carbocycles. The summed E-state index contributed by atoms with van der Waals surface area (Å²) in [5, 5.41) is 12.7. The Morgan fingerprint density at radius 3 is 2.26 bits per heavy atom. The fourth-order valence-electron chi connectivity index (χ4n) is 4.26. The fraction of sp³-hybridized carbons (Fsp3) is 0.500. The molecule has 1 aliphatic rings. The van der Waals surface area contributed by atoms with E-state index in [-0.39, 0.29) is 12.6 Å². The van der Waals surface area contributed by atoms with Gasteiger partial charge < -0.3 is 10.4 Å². The summed E-state index contributed by atoms with van der Waals surface area (Å²) in [5.74, 6) is 0.486. The van der Waals surface area contributed by atoms with E-state index in [0.29, 0.717) is 15.8 Å². The lowest BCUT2D eigenvalue weighted by molar-refractivity contribution is 0.268. The molecule has 2 aromatic rings. The van der Waals surface area contributed by atoms with Crippen molar-refractivity contribution in [3.63, 3.8) is 0 Å². The first-order chi connectivity index (χ1) is 14.9. The highest BCUT2D eigenvalue weighted by molar-refractivity contribution is 7.89. The summed E-state index contributed by atoms with van der Waals surface area (Å²) in [6.07, 6.45) is 5.49. The zero-order valence-corrected chi connectivity index (χ0v) is 19.7. The number of benzene rings is 2. The molecule has 0 unspecified atom stereocenters. The van der Waals surface area contributed by atoms with E-state index in [1.165, 1.54) is 11.1 Å². The van der Waals surface area contributed by atoms with Crippen molar-refractivity contribution in [1.29, 1.82) is 0 Å². The first kappa shape index (κ1) is 24.2. The van der Waals surface area contributed by atoms with Gasteiger partial charge in [-0.05, 0) is 92.9 Å². The number of hydrogen-bond donors (Lipinski definition) is 2. The van der Waals surface area contributed by atoms with Crippen LogP contribution < -0.4 is 5.32 Å². The molecule has 1 saturated carbocycles. The second kappa shape index (κ2) is 11.4. The van der Waals surface area contributed by atoms with Gasteiger partial charge in [-0.1, -0.05) is 35.9 Å². The van der Waals surface area contributed by atoms with Crippen molar-refractivity contribution in [2.24, 2.45) is 0 Å². The molecule has 7 heteroatoms. The first-order valence-electron chi connectivity index (χ1n) is 11.1. The molecule has 0 radical (unpaired) electrons. The van der Waals surface area contributed by atoms with Crippen LogP contribution in [0, 0.1) is 0 Å². The number of halogens is 1. The molecular weight excluding hydrogens is 432 g/mol. The molecule has 3 rings (SSSR count). The van der Waals surface area contributed by atoms with Gasteiger partial charge in [-0.3, -0.25) is 0 Å². The van der Waals surface area contributed by atoms with Gasteiger partial charge in [0.15, 0.2) is 0 Å². The lowest BCUT2D eigenvalue weighted by Crippen LogP contribution is -2.39. The number of sulfonamides is 1. The van der Waals surface area contributed by atoms with Crippen molar-refractivity contribution >= 4 is 21.6 Å². The van der Waals surface area contributed by atoms with Crippen molar-refractivity contribution in [3.05, 3.63) is 64.7 Å². The van der Waals surface area contributed by atoms with Gasteiger partial charge in [0.2, 0.25) is 10.0 Å². The van der Waals surface area contributed by atoms with Gasteiger partial charge in [0.1, 0.15) is 0 Å². The third-order valence-corrected chi connectivity index (χ3v) is 8.43. The van der Waals surface area contributed by atoms with Crippen LogP contribution in [-0.2, 0) is 16.4 Å². The predicted octanol–water partition coefficient (Wildman–Crippen LogP) is 4.20. The van der Waals surface area contributed by atoms with Gasteiger partial charge in [-0.15, -0.1) is 0 Å². The monoisotopic (exact) mass is 464 g/mol. The van der Waals surface area contributed by atoms with Gasteiger partial charge in [-0.2, -0.15) is 4.31 Å². The Hall–Kier alpha value is -1.44. The van der Waals surface area contributed by atoms with E-state index in [1.807, 2.05) is 0 Å². The molecule has 0 atom stereocenters. The average Bonchev–Trinajstić information content (AvgIpc) is 2.79. The number of hydrogen-bond acceptors (Lipinski definition) is 4. The van der Waals surface area contributed by atoms with Gasteiger partial charge in [0, 0.05) is 24.7 Å². The summed E-state index contributed by atoms with van der Waals surface area (Å²) >= 11 is 5.90. The fourth-order valence-corrected chi connectivity index (χ4v) is 5.80. The zero-order chi connectivity index (χ0) is 22.3. The maximum atomic E-state index is 12.9. The van der Waals surface area contributed by atoms with Crippen molar-refractivity contribution in [2.45, 2.75) is 55.4 Å². The second-order valence-corrected chi connectivity index (χ2v) is 10.7. The molecule has 0 aliphatic heterocycles. The van der Waals surface area contributed by atoms with E-state index >= 15 is 0 Å². The maximum absolute atomic E-state index is 12.9. The van der Waals surface area contributed by atoms with Crippen LogP contribution in [0.3, 0.4) is 0 Å². The molecule has 0 aromatic heterocycles. The molecule has 1 aliphatic carbocycles. The number of aliphatic hydroxyl groups is 1. The summed E-state index contributed by atoms with van der Waals surface area (Å²) in [5.41, 5.74) is 2.65. The van der Waals surface area contributed by atoms with Crippen LogP contribution in [0.15, 0.2) is 53.4 Å². The van der Waals surface area contributed by atoms with Crippen LogP contribution in [0.4, 0.5) is 0 Å². The SMILES string of the molecule is CN(C1CCC(c2ccc(CCNCCCO)cc2)CC1)S(=O)(=O)c1ccc(Cl)cc1.